The van der Waals surface area contributed by atoms with Crippen molar-refractivity contribution in [1.29, 1.82) is 0 Å². The molecule has 3 heterocycles. The Hall–Kier alpha value is -4.09. The molecular weight excluding hydrogens is 556 g/mol. The lowest BCUT2D eigenvalue weighted by Gasteiger charge is -2.22. The molecule has 0 radical (unpaired) electrons. The van der Waals surface area contributed by atoms with Crippen molar-refractivity contribution < 1.29 is 28.2 Å². The van der Waals surface area contributed by atoms with Crippen molar-refractivity contribution >= 4 is 45.7 Å². The van der Waals surface area contributed by atoms with Gasteiger partial charge in [-0.05, 0) is 54.4 Å². The van der Waals surface area contributed by atoms with Crippen LogP contribution < -0.4 is 9.64 Å². The Balaban J connectivity index is 1.39. The Kier molecular flexibility index (Phi) is 6.85. The van der Waals surface area contributed by atoms with Gasteiger partial charge in [-0.1, -0.05) is 53.4 Å². The van der Waals surface area contributed by atoms with E-state index in [1.165, 1.54) is 42.1 Å². The second-order valence-electron chi connectivity index (χ2n) is 9.41. The van der Waals surface area contributed by atoms with E-state index in [1.54, 1.807) is 36.4 Å². The molecule has 202 valence electrons. The summed E-state index contributed by atoms with van der Waals surface area (Å²) in [5.41, 5.74) is 1.85. The number of amides is 1. The molecule has 0 spiro atoms. The molecule has 2 aliphatic heterocycles. The van der Waals surface area contributed by atoms with Crippen molar-refractivity contribution in [3.8, 4) is 5.75 Å². The number of fused-ring (bicyclic) bond motifs is 1. The Morgan fingerprint density at radius 1 is 1.10 bits per heavy atom. The van der Waals surface area contributed by atoms with Crippen molar-refractivity contribution in [1.82, 2.24) is 10.2 Å². The third kappa shape index (κ3) is 4.75. The Labute approximate surface area is 236 Å². The third-order valence-electron chi connectivity index (χ3n) is 6.69. The number of Topliss-reactive ketones (excluding diaryl/α,β-unsaturated/α-hetero) is 1. The van der Waals surface area contributed by atoms with Crippen LogP contribution in [-0.2, 0) is 21.8 Å². The normalized spacial score (nSPS) is 19.6. The van der Waals surface area contributed by atoms with Crippen LogP contribution in [0.15, 0.2) is 76.6 Å². The minimum Gasteiger partial charge on any atom is -0.507 e. The van der Waals surface area contributed by atoms with Gasteiger partial charge in [-0.15, -0.1) is 10.2 Å². The third-order valence-corrected chi connectivity index (χ3v) is 8.82. The van der Waals surface area contributed by atoms with E-state index >= 15 is 4.39 Å². The lowest BCUT2D eigenvalue weighted by atomic mass is 9.94. The molecule has 2 atom stereocenters. The SMILES string of the molecule is C[C@H]1Cc2cc(C(O)=C3C(=O)C(=O)N(c4nnc(SCc5ccc(F)cc5)s4)[C@@H]3c3ccccc3F)ccc2O1. The van der Waals surface area contributed by atoms with Gasteiger partial charge < -0.3 is 9.84 Å². The topological polar surface area (TPSA) is 92.6 Å². The average molecular weight is 578 g/mol. The molecule has 3 aromatic carbocycles. The van der Waals surface area contributed by atoms with Gasteiger partial charge in [-0.3, -0.25) is 14.5 Å². The molecule has 0 bridgehead atoms. The van der Waals surface area contributed by atoms with Crippen LogP contribution in [0, 0.1) is 11.6 Å². The number of anilines is 1. The fraction of sp³-hybridized carbons (Fsp3) is 0.172. The number of aliphatic hydroxyl groups excluding tert-OH is 1. The summed E-state index contributed by atoms with van der Waals surface area (Å²) in [7, 11) is 0. The van der Waals surface area contributed by atoms with Crippen molar-refractivity contribution in [2.24, 2.45) is 0 Å². The maximum Gasteiger partial charge on any atom is 0.301 e. The lowest BCUT2D eigenvalue weighted by Crippen LogP contribution is -2.29. The molecule has 7 nitrogen and oxygen atoms in total. The smallest absolute Gasteiger partial charge is 0.301 e. The van der Waals surface area contributed by atoms with Crippen LogP contribution in [0.3, 0.4) is 0 Å². The molecule has 40 heavy (non-hydrogen) atoms. The van der Waals surface area contributed by atoms with Gasteiger partial charge in [0.15, 0.2) is 4.34 Å². The second kappa shape index (κ2) is 10.5. The standard InChI is InChI=1S/C29H21F2N3O4S2/c1-15-12-18-13-17(8-11-22(18)38-15)25(35)23-24(20-4-2-3-5-21(20)31)34(27(37)26(23)36)28-32-33-29(40-28)39-14-16-6-9-19(30)10-7-16/h2-11,13,15,24,35H,12,14H2,1H3/t15-,24+/m0/s1. The van der Waals surface area contributed by atoms with E-state index in [0.717, 1.165) is 27.4 Å². The predicted molar refractivity (Wildman–Crippen MR) is 147 cm³/mol. The molecule has 1 saturated heterocycles. The summed E-state index contributed by atoms with van der Waals surface area (Å²) in [6.07, 6.45) is 0.605. The van der Waals surface area contributed by atoms with Gasteiger partial charge in [0, 0.05) is 23.3 Å². The first kappa shape index (κ1) is 26.1. The summed E-state index contributed by atoms with van der Waals surface area (Å²) in [5, 5.41) is 19.7. The fourth-order valence-electron chi connectivity index (χ4n) is 4.83. The van der Waals surface area contributed by atoms with E-state index in [1.807, 2.05) is 6.92 Å². The number of aromatic nitrogens is 2. The number of ether oxygens (including phenoxy) is 1. The quantitative estimate of drug-likeness (QED) is 0.0980. The highest BCUT2D eigenvalue weighted by molar-refractivity contribution is 8.00. The van der Waals surface area contributed by atoms with Crippen LogP contribution in [-0.4, -0.2) is 33.1 Å². The van der Waals surface area contributed by atoms with E-state index in [0.29, 0.717) is 27.8 Å². The fourth-order valence-corrected chi connectivity index (χ4v) is 6.65. The molecule has 1 aromatic heterocycles. The van der Waals surface area contributed by atoms with Gasteiger partial charge in [0.2, 0.25) is 5.13 Å². The Morgan fingerprint density at radius 2 is 1.88 bits per heavy atom. The van der Waals surface area contributed by atoms with E-state index in [9.17, 15) is 19.1 Å². The average Bonchev–Trinajstić information content (AvgIpc) is 3.63. The monoisotopic (exact) mass is 577 g/mol. The largest absolute Gasteiger partial charge is 0.507 e. The molecule has 4 aromatic rings. The number of halogens is 2. The summed E-state index contributed by atoms with van der Waals surface area (Å²) in [6.45, 7) is 1.93. The van der Waals surface area contributed by atoms with Crippen LogP contribution in [0.5, 0.6) is 5.75 Å². The molecule has 2 aliphatic rings. The zero-order chi connectivity index (χ0) is 28.0. The second-order valence-corrected chi connectivity index (χ2v) is 11.6. The highest BCUT2D eigenvalue weighted by Crippen LogP contribution is 2.45. The van der Waals surface area contributed by atoms with Gasteiger partial charge in [0.1, 0.15) is 35.3 Å². The van der Waals surface area contributed by atoms with Gasteiger partial charge in [0.05, 0.1) is 5.57 Å². The van der Waals surface area contributed by atoms with E-state index in [2.05, 4.69) is 10.2 Å². The summed E-state index contributed by atoms with van der Waals surface area (Å²) in [5.74, 6) is -2.12. The summed E-state index contributed by atoms with van der Waals surface area (Å²) in [4.78, 5) is 27.9. The first-order valence-corrected chi connectivity index (χ1v) is 14.2. The number of nitrogens with zero attached hydrogens (tertiary/aromatic N) is 3. The molecule has 11 heteroatoms. The molecular formula is C29H21F2N3O4S2. The van der Waals surface area contributed by atoms with Crippen LogP contribution in [0.25, 0.3) is 5.76 Å². The van der Waals surface area contributed by atoms with Gasteiger partial charge in [-0.2, -0.15) is 0 Å². The Morgan fingerprint density at radius 3 is 2.65 bits per heavy atom. The summed E-state index contributed by atoms with van der Waals surface area (Å²) >= 11 is 2.39. The summed E-state index contributed by atoms with van der Waals surface area (Å²) in [6, 6.07) is 15.6. The number of carbonyl (C=O) groups excluding carboxylic acids is 2. The molecule has 1 fully saturated rings. The van der Waals surface area contributed by atoms with Gasteiger partial charge in [-0.25, -0.2) is 8.78 Å². The first-order valence-electron chi connectivity index (χ1n) is 12.4. The van der Waals surface area contributed by atoms with E-state index in [4.69, 9.17) is 4.74 Å². The van der Waals surface area contributed by atoms with Crippen LogP contribution in [0.4, 0.5) is 13.9 Å². The molecule has 1 amide bonds. The molecule has 0 aliphatic carbocycles. The highest BCUT2D eigenvalue weighted by atomic mass is 32.2. The van der Waals surface area contributed by atoms with Crippen molar-refractivity contribution in [3.05, 3.63) is 106 Å². The van der Waals surface area contributed by atoms with Crippen LogP contribution in [0.2, 0.25) is 0 Å². The van der Waals surface area contributed by atoms with E-state index < -0.39 is 29.3 Å². The number of hydrogen-bond acceptors (Lipinski definition) is 8. The molecule has 0 unspecified atom stereocenters. The van der Waals surface area contributed by atoms with Crippen molar-refractivity contribution in [2.75, 3.05) is 4.90 Å². The van der Waals surface area contributed by atoms with Crippen molar-refractivity contribution in [3.63, 3.8) is 0 Å². The number of benzene rings is 3. The summed E-state index contributed by atoms with van der Waals surface area (Å²) < 4.78 is 34.6. The maximum absolute atomic E-state index is 15.2. The number of rotatable bonds is 6. The van der Waals surface area contributed by atoms with E-state index in [-0.39, 0.29) is 28.2 Å². The minimum absolute atomic E-state index is 0.0242. The molecule has 6 rings (SSSR count). The lowest BCUT2D eigenvalue weighted by molar-refractivity contribution is -0.132. The highest BCUT2D eigenvalue weighted by Gasteiger charge is 2.49. The number of ketones is 1. The zero-order valence-corrected chi connectivity index (χ0v) is 22.6. The Bertz CT molecular complexity index is 1670. The number of aliphatic hydroxyl groups is 1. The maximum atomic E-state index is 15.2. The first-order chi connectivity index (χ1) is 19.3. The van der Waals surface area contributed by atoms with Crippen LogP contribution in [0.1, 0.15) is 35.2 Å². The number of carbonyl (C=O) groups is 2. The number of thioether (sulfide) groups is 1. The van der Waals surface area contributed by atoms with Gasteiger partial charge >= 0.3 is 5.91 Å². The zero-order valence-electron chi connectivity index (χ0n) is 21.0. The molecule has 1 N–H and O–H groups in total. The predicted octanol–water partition coefficient (Wildman–Crippen LogP) is 6.06. The van der Waals surface area contributed by atoms with Gasteiger partial charge in [0.25, 0.3) is 5.78 Å². The van der Waals surface area contributed by atoms with Crippen LogP contribution >= 0.6 is 23.1 Å². The number of hydrogen-bond donors (Lipinski definition) is 1. The van der Waals surface area contributed by atoms with Crippen molar-refractivity contribution in [2.45, 2.75) is 35.6 Å². The molecule has 0 saturated carbocycles. The minimum atomic E-state index is -1.26.